The number of carboxylic acids is 1. The standard InChI is InChI=1S/C18H18FNO3S/c19-12-8-6-11(7-9-12)10-15(21)20-17-16(18(22)23)13-4-2-1-3-5-14(13)24-17/h6-9H,1-5,10H2,(H,20,21)(H,22,23). The second-order valence-electron chi connectivity index (χ2n) is 5.93. The minimum absolute atomic E-state index is 0.0852. The molecule has 1 aromatic carbocycles. The van der Waals surface area contributed by atoms with Gasteiger partial charge in [0, 0.05) is 4.88 Å². The first-order valence-electron chi connectivity index (χ1n) is 7.96. The van der Waals surface area contributed by atoms with Crippen LogP contribution in [-0.4, -0.2) is 17.0 Å². The SMILES string of the molecule is O=C(Cc1ccc(F)cc1)Nc1sc2c(c1C(=O)O)CCCCC2. The van der Waals surface area contributed by atoms with E-state index in [4.69, 9.17) is 0 Å². The van der Waals surface area contributed by atoms with Gasteiger partial charge in [0.15, 0.2) is 0 Å². The number of carboxylic acid groups (broad SMARTS) is 1. The van der Waals surface area contributed by atoms with Crippen molar-refractivity contribution in [3.8, 4) is 0 Å². The molecule has 4 nitrogen and oxygen atoms in total. The van der Waals surface area contributed by atoms with E-state index < -0.39 is 5.97 Å². The highest BCUT2D eigenvalue weighted by molar-refractivity contribution is 7.17. The number of carbonyl (C=O) groups is 2. The van der Waals surface area contributed by atoms with E-state index in [0.717, 1.165) is 42.5 Å². The van der Waals surface area contributed by atoms with Gasteiger partial charge in [-0.3, -0.25) is 4.79 Å². The molecular weight excluding hydrogens is 329 g/mol. The summed E-state index contributed by atoms with van der Waals surface area (Å²) in [5.74, 6) is -1.64. The zero-order chi connectivity index (χ0) is 17.1. The Morgan fingerprint density at radius 1 is 1.12 bits per heavy atom. The smallest absolute Gasteiger partial charge is 0.339 e. The van der Waals surface area contributed by atoms with E-state index in [0.29, 0.717) is 10.6 Å². The van der Waals surface area contributed by atoms with Crippen molar-refractivity contribution in [1.29, 1.82) is 0 Å². The van der Waals surface area contributed by atoms with E-state index >= 15 is 0 Å². The largest absolute Gasteiger partial charge is 0.478 e. The molecule has 1 aliphatic carbocycles. The summed E-state index contributed by atoms with van der Waals surface area (Å²) in [6.07, 6.45) is 4.84. The van der Waals surface area contributed by atoms with Crippen LogP contribution in [0.4, 0.5) is 9.39 Å². The number of halogens is 1. The Hall–Kier alpha value is -2.21. The normalized spacial score (nSPS) is 13.9. The van der Waals surface area contributed by atoms with Crippen molar-refractivity contribution in [3.05, 3.63) is 51.7 Å². The monoisotopic (exact) mass is 347 g/mol. The molecule has 1 aliphatic rings. The molecule has 1 amide bonds. The quantitative estimate of drug-likeness (QED) is 0.821. The van der Waals surface area contributed by atoms with Crippen molar-refractivity contribution in [1.82, 2.24) is 0 Å². The van der Waals surface area contributed by atoms with Crippen LogP contribution >= 0.6 is 11.3 Å². The molecule has 126 valence electrons. The summed E-state index contributed by atoms with van der Waals surface area (Å²) in [6, 6.07) is 5.71. The number of nitrogens with one attached hydrogen (secondary N) is 1. The fraction of sp³-hybridized carbons (Fsp3) is 0.333. The van der Waals surface area contributed by atoms with Gasteiger partial charge in [0.25, 0.3) is 0 Å². The molecule has 24 heavy (non-hydrogen) atoms. The van der Waals surface area contributed by atoms with Gasteiger partial charge < -0.3 is 10.4 Å². The van der Waals surface area contributed by atoms with Crippen LogP contribution in [0, 0.1) is 5.82 Å². The fourth-order valence-corrected chi connectivity index (χ4v) is 4.31. The maximum Gasteiger partial charge on any atom is 0.339 e. The van der Waals surface area contributed by atoms with Gasteiger partial charge in [-0.1, -0.05) is 18.6 Å². The number of carbonyl (C=O) groups excluding carboxylic acids is 1. The number of benzene rings is 1. The fourth-order valence-electron chi connectivity index (χ4n) is 3.02. The Morgan fingerprint density at radius 3 is 2.54 bits per heavy atom. The highest BCUT2D eigenvalue weighted by Crippen LogP contribution is 2.37. The molecule has 0 saturated carbocycles. The van der Waals surface area contributed by atoms with Gasteiger partial charge in [0.05, 0.1) is 12.0 Å². The maximum atomic E-state index is 12.9. The lowest BCUT2D eigenvalue weighted by atomic mass is 10.1. The second-order valence-corrected chi connectivity index (χ2v) is 7.03. The van der Waals surface area contributed by atoms with Gasteiger partial charge in [-0.15, -0.1) is 11.3 Å². The number of hydrogen-bond acceptors (Lipinski definition) is 3. The van der Waals surface area contributed by atoms with E-state index in [1.807, 2.05) is 0 Å². The van der Waals surface area contributed by atoms with Gasteiger partial charge in [-0.05, 0) is 48.9 Å². The summed E-state index contributed by atoms with van der Waals surface area (Å²) in [5, 5.41) is 12.7. The number of fused-ring (bicyclic) bond motifs is 1. The molecular formula is C18H18FNO3S. The van der Waals surface area contributed by atoms with Crippen molar-refractivity contribution in [3.63, 3.8) is 0 Å². The number of rotatable bonds is 4. The molecule has 0 spiro atoms. The van der Waals surface area contributed by atoms with Crippen molar-refractivity contribution < 1.29 is 19.1 Å². The van der Waals surface area contributed by atoms with Gasteiger partial charge in [0.2, 0.25) is 5.91 Å². The van der Waals surface area contributed by atoms with Crippen molar-refractivity contribution >= 4 is 28.2 Å². The van der Waals surface area contributed by atoms with Crippen LogP contribution in [0.5, 0.6) is 0 Å². The third-order valence-corrected chi connectivity index (χ3v) is 5.37. The summed E-state index contributed by atoms with van der Waals surface area (Å²) < 4.78 is 12.9. The molecule has 0 aliphatic heterocycles. The molecule has 0 atom stereocenters. The van der Waals surface area contributed by atoms with E-state index in [9.17, 15) is 19.1 Å². The summed E-state index contributed by atoms with van der Waals surface area (Å²) in [4.78, 5) is 25.0. The lowest BCUT2D eigenvalue weighted by Gasteiger charge is -2.06. The summed E-state index contributed by atoms with van der Waals surface area (Å²) in [5.41, 5.74) is 1.80. The topological polar surface area (TPSA) is 66.4 Å². The number of anilines is 1. The Morgan fingerprint density at radius 2 is 1.83 bits per heavy atom. The number of hydrogen-bond donors (Lipinski definition) is 2. The number of aryl methyl sites for hydroxylation is 1. The first-order valence-corrected chi connectivity index (χ1v) is 8.78. The zero-order valence-electron chi connectivity index (χ0n) is 13.1. The minimum atomic E-state index is -0.994. The lowest BCUT2D eigenvalue weighted by Crippen LogP contribution is -2.16. The second kappa shape index (κ2) is 7.13. The van der Waals surface area contributed by atoms with E-state index in [1.54, 1.807) is 12.1 Å². The summed E-state index contributed by atoms with van der Waals surface area (Å²) in [7, 11) is 0. The van der Waals surface area contributed by atoms with Crippen LogP contribution < -0.4 is 5.32 Å². The summed E-state index contributed by atoms with van der Waals surface area (Å²) >= 11 is 1.37. The molecule has 0 unspecified atom stereocenters. The zero-order valence-corrected chi connectivity index (χ0v) is 13.9. The average molecular weight is 347 g/mol. The Bertz CT molecular complexity index is 767. The van der Waals surface area contributed by atoms with Crippen LogP contribution in [0.25, 0.3) is 0 Å². The Labute approximate surface area is 143 Å². The predicted octanol–water partition coefficient (Wildman–Crippen LogP) is 4.04. The lowest BCUT2D eigenvalue weighted by molar-refractivity contribution is -0.115. The van der Waals surface area contributed by atoms with E-state index in [-0.39, 0.29) is 23.7 Å². The van der Waals surface area contributed by atoms with Crippen LogP contribution in [0.1, 0.15) is 45.6 Å². The number of thiophene rings is 1. The van der Waals surface area contributed by atoms with Crippen molar-refractivity contribution in [2.24, 2.45) is 0 Å². The highest BCUT2D eigenvalue weighted by atomic mass is 32.1. The molecule has 0 fully saturated rings. The van der Waals surface area contributed by atoms with Crippen LogP contribution in [0.2, 0.25) is 0 Å². The molecule has 3 rings (SSSR count). The predicted molar refractivity (Wildman–Crippen MR) is 91.3 cm³/mol. The highest BCUT2D eigenvalue weighted by Gasteiger charge is 2.25. The first kappa shape index (κ1) is 16.6. The molecule has 0 saturated heterocycles. The molecule has 2 N–H and O–H groups in total. The van der Waals surface area contributed by atoms with E-state index in [2.05, 4.69) is 5.32 Å². The third-order valence-electron chi connectivity index (χ3n) is 4.17. The van der Waals surface area contributed by atoms with E-state index in [1.165, 1.54) is 23.5 Å². The maximum absolute atomic E-state index is 12.9. The van der Waals surface area contributed by atoms with Gasteiger partial charge in [-0.2, -0.15) is 0 Å². The minimum Gasteiger partial charge on any atom is -0.478 e. The van der Waals surface area contributed by atoms with Crippen molar-refractivity contribution in [2.45, 2.75) is 38.5 Å². The summed E-state index contributed by atoms with van der Waals surface area (Å²) in [6.45, 7) is 0. The Balaban J connectivity index is 1.80. The molecule has 2 aromatic rings. The van der Waals surface area contributed by atoms with Gasteiger partial charge in [-0.25, -0.2) is 9.18 Å². The molecule has 0 bridgehead atoms. The number of amides is 1. The first-order chi connectivity index (χ1) is 11.5. The average Bonchev–Trinajstić information content (AvgIpc) is 2.71. The Kier molecular flexibility index (Phi) is 4.94. The van der Waals surface area contributed by atoms with Gasteiger partial charge in [0.1, 0.15) is 10.8 Å². The van der Waals surface area contributed by atoms with Gasteiger partial charge >= 0.3 is 5.97 Å². The van der Waals surface area contributed by atoms with Crippen LogP contribution in [-0.2, 0) is 24.1 Å². The molecule has 0 radical (unpaired) electrons. The molecule has 1 aromatic heterocycles. The number of aromatic carboxylic acids is 1. The molecule has 1 heterocycles. The van der Waals surface area contributed by atoms with Crippen molar-refractivity contribution in [2.75, 3.05) is 5.32 Å². The van der Waals surface area contributed by atoms with Crippen LogP contribution in [0.3, 0.4) is 0 Å². The molecule has 6 heteroatoms. The van der Waals surface area contributed by atoms with Crippen LogP contribution in [0.15, 0.2) is 24.3 Å². The third kappa shape index (κ3) is 3.64.